The second-order valence-electron chi connectivity index (χ2n) is 4.87. The van der Waals surface area contributed by atoms with Crippen LogP contribution in [0, 0.1) is 18.8 Å². The van der Waals surface area contributed by atoms with Crippen LogP contribution < -0.4 is 5.32 Å². The summed E-state index contributed by atoms with van der Waals surface area (Å²) >= 11 is 1.69. The molecule has 0 unspecified atom stereocenters. The minimum absolute atomic E-state index is 0.393. The fraction of sp³-hybridized carbons (Fsp3) is 0.500. The van der Waals surface area contributed by atoms with Crippen molar-refractivity contribution in [1.29, 1.82) is 0 Å². The number of thiophene rings is 1. The SMILES string of the molecule is Cc1sccc1C#CCCNC(=O)OC(C)(C)C. The molecule has 1 aromatic heterocycles. The summed E-state index contributed by atoms with van der Waals surface area (Å²) in [5.74, 6) is 6.12. The Labute approximate surface area is 113 Å². The maximum Gasteiger partial charge on any atom is 0.407 e. The van der Waals surface area contributed by atoms with E-state index in [9.17, 15) is 4.79 Å². The number of aryl methyl sites for hydroxylation is 1. The fourth-order valence-corrected chi connectivity index (χ4v) is 1.87. The molecule has 3 nitrogen and oxygen atoms in total. The predicted molar refractivity (Wildman–Crippen MR) is 74.8 cm³/mol. The Morgan fingerprint density at radius 3 is 2.78 bits per heavy atom. The van der Waals surface area contributed by atoms with Crippen LogP contribution in [0.1, 0.15) is 37.6 Å². The first-order valence-corrected chi connectivity index (χ1v) is 6.76. The minimum Gasteiger partial charge on any atom is -0.444 e. The van der Waals surface area contributed by atoms with Gasteiger partial charge in [0.1, 0.15) is 5.60 Å². The number of carbonyl (C=O) groups excluding carboxylic acids is 1. The Kier molecular flexibility index (Phi) is 5.24. The molecule has 0 aliphatic heterocycles. The van der Waals surface area contributed by atoms with Crippen molar-refractivity contribution >= 4 is 17.4 Å². The molecule has 0 bridgehead atoms. The van der Waals surface area contributed by atoms with Gasteiger partial charge in [0.2, 0.25) is 0 Å². The van der Waals surface area contributed by atoms with E-state index in [1.807, 2.05) is 39.1 Å². The standard InChI is InChI=1S/C14H19NO2S/c1-11-12(8-10-18-11)7-5-6-9-15-13(16)17-14(2,3)4/h8,10H,6,9H2,1-4H3,(H,15,16). The monoisotopic (exact) mass is 265 g/mol. The number of rotatable bonds is 2. The first-order chi connectivity index (χ1) is 8.38. The molecule has 0 saturated heterocycles. The number of ether oxygens (including phenoxy) is 1. The van der Waals surface area contributed by atoms with Gasteiger partial charge in [-0.2, -0.15) is 0 Å². The maximum absolute atomic E-state index is 11.3. The van der Waals surface area contributed by atoms with Crippen molar-refractivity contribution in [3.05, 3.63) is 21.9 Å². The lowest BCUT2D eigenvalue weighted by molar-refractivity contribution is 0.0529. The van der Waals surface area contributed by atoms with Crippen molar-refractivity contribution < 1.29 is 9.53 Å². The Hall–Kier alpha value is -1.47. The second kappa shape index (κ2) is 6.46. The molecule has 0 aliphatic rings. The average molecular weight is 265 g/mol. The van der Waals surface area contributed by atoms with Gasteiger partial charge in [0.25, 0.3) is 0 Å². The quantitative estimate of drug-likeness (QED) is 0.658. The first-order valence-electron chi connectivity index (χ1n) is 5.88. The Balaban J connectivity index is 2.26. The fourth-order valence-electron chi connectivity index (χ4n) is 1.21. The van der Waals surface area contributed by atoms with Gasteiger partial charge in [0.05, 0.1) is 0 Å². The Morgan fingerprint density at radius 2 is 2.22 bits per heavy atom. The van der Waals surface area contributed by atoms with E-state index in [-0.39, 0.29) is 0 Å². The van der Waals surface area contributed by atoms with E-state index in [2.05, 4.69) is 17.2 Å². The highest BCUT2D eigenvalue weighted by atomic mass is 32.1. The van der Waals surface area contributed by atoms with E-state index < -0.39 is 11.7 Å². The summed E-state index contributed by atoms with van der Waals surface area (Å²) in [6.07, 6.45) is 0.227. The van der Waals surface area contributed by atoms with Crippen LogP contribution in [0.3, 0.4) is 0 Å². The highest BCUT2D eigenvalue weighted by Gasteiger charge is 2.15. The summed E-state index contributed by atoms with van der Waals surface area (Å²) in [5.41, 5.74) is 0.612. The number of amides is 1. The lowest BCUT2D eigenvalue weighted by atomic mass is 10.2. The molecule has 1 aromatic rings. The largest absolute Gasteiger partial charge is 0.444 e. The molecular weight excluding hydrogens is 246 g/mol. The molecule has 0 atom stereocenters. The molecule has 0 radical (unpaired) electrons. The number of alkyl carbamates (subject to hydrolysis) is 1. The van der Waals surface area contributed by atoms with Gasteiger partial charge in [-0.25, -0.2) is 4.79 Å². The van der Waals surface area contributed by atoms with Crippen LogP contribution in [0.4, 0.5) is 4.79 Å². The third-order valence-electron chi connectivity index (χ3n) is 2.00. The molecule has 0 aliphatic carbocycles. The summed E-state index contributed by atoms with van der Waals surface area (Å²) < 4.78 is 5.11. The summed E-state index contributed by atoms with van der Waals surface area (Å²) in [7, 11) is 0. The zero-order valence-corrected chi connectivity index (χ0v) is 12.1. The highest BCUT2D eigenvalue weighted by Crippen LogP contribution is 2.13. The van der Waals surface area contributed by atoms with Crippen molar-refractivity contribution in [3.63, 3.8) is 0 Å². The molecule has 0 fully saturated rings. The number of hydrogen-bond donors (Lipinski definition) is 1. The predicted octanol–water partition coefficient (Wildman–Crippen LogP) is 3.32. The van der Waals surface area contributed by atoms with Gasteiger partial charge < -0.3 is 10.1 Å². The van der Waals surface area contributed by atoms with Crippen molar-refractivity contribution in [3.8, 4) is 11.8 Å². The van der Waals surface area contributed by atoms with Crippen LogP contribution in [0.15, 0.2) is 11.4 Å². The van der Waals surface area contributed by atoms with E-state index in [1.54, 1.807) is 11.3 Å². The lowest BCUT2D eigenvalue weighted by Gasteiger charge is -2.19. The summed E-state index contributed by atoms with van der Waals surface area (Å²) in [6, 6.07) is 2.01. The van der Waals surface area contributed by atoms with Crippen LogP contribution in [0.5, 0.6) is 0 Å². The number of nitrogens with one attached hydrogen (secondary N) is 1. The second-order valence-corrected chi connectivity index (χ2v) is 5.99. The van der Waals surface area contributed by atoms with Gasteiger partial charge in [-0.1, -0.05) is 11.8 Å². The van der Waals surface area contributed by atoms with Crippen LogP contribution in [0.2, 0.25) is 0 Å². The van der Waals surface area contributed by atoms with Gasteiger partial charge in [-0.05, 0) is 39.1 Å². The van der Waals surface area contributed by atoms with Crippen molar-refractivity contribution in [1.82, 2.24) is 5.32 Å². The van der Waals surface area contributed by atoms with Gasteiger partial charge in [0, 0.05) is 23.4 Å². The maximum atomic E-state index is 11.3. The van der Waals surface area contributed by atoms with Crippen molar-refractivity contribution in [2.75, 3.05) is 6.54 Å². The zero-order valence-electron chi connectivity index (χ0n) is 11.3. The molecule has 1 rings (SSSR count). The number of carbonyl (C=O) groups is 1. The van der Waals surface area contributed by atoms with Gasteiger partial charge in [-0.3, -0.25) is 0 Å². The van der Waals surface area contributed by atoms with E-state index in [0.717, 1.165) is 5.56 Å². The van der Waals surface area contributed by atoms with Crippen LogP contribution in [-0.4, -0.2) is 18.2 Å². The lowest BCUT2D eigenvalue weighted by Crippen LogP contribution is -2.32. The van der Waals surface area contributed by atoms with E-state index in [0.29, 0.717) is 13.0 Å². The first kappa shape index (κ1) is 14.6. The summed E-state index contributed by atoms with van der Waals surface area (Å²) in [4.78, 5) is 12.5. The third-order valence-corrected chi connectivity index (χ3v) is 2.85. The number of hydrogen-bond acceptors (Lipinski definition) is 3. The van der Waals surface area contributed by atoms with Crippen LogP contribution >= 0.6 is 11.3 Å². The summed E-state index contributed by atoms with van der Waals surface area (Å²) in [5, 5.41) is 4.70. The van der Waals surface area contributed by atoms with Crippen molar-refractivity contribution in [2.24, 2.45) is 0 Å². The zero-order chi connectivity index (χ0) is 13.6. The van der Waals surface area contributed by atoms with E-state index >= 15 is 0 Å². The van der Waals surface area contributed by atoms with E-state index in [1.165, 1.54) is 4.88 Å². The summed E-state index contributed by atoms with van der Waals surface area (Å²) in [6.45, 7) is 8.07. The molecule has 1 N–H and O–H groups in total. The molecule has 1 heterocycles. The molecule has 0 aromatic carbocycles. The molecule has 1 amide bonds. The van der Waals surface area contributed by atoms with E-state index in [4.69, 9.17) is 4.74 Å². The molecule has 0 saturated carbocycles. The van der Waals surface area contributed by atoms with Gasteiger partial charge >= 0.3 is 6.09 Å². The molecule has 0 spiro atoms. The molecule has 98 valence electrons. The van der Waals surface area contributed by atoms with Gasteiger partial charge in [-0.15, -0.1) is 11.3 Å². The van der Waals surface area contributed by atoms with Crippen molar-refractivity contribution in [2.45, 2.75) is 39.7 Å². The average Bonchev–Trinajstić information content (AvgIpc) is 2.61. The van der Waals surface area contributed by atoms with Crippen LogP contribution in [0.25, 0.3) is 0 Å². The Morgan fingerprint density at radius 1 is 1.50 bits per heavy atom. The normalized spacial score (nSPS) is 10.4. The molecule has 18 heavy (non-hydrogen) atoms. The Bertz CT molecular complexity index is 460. The third kappa shape index (κ3) is 5.74. The highest BCUT2D eigenvalue weighted by molar-refractivity contribution is 7.10. The smallest absolute Gasteiger partial charge is 0.407 e. The minimum atomic E-state index is -0.455. The topological polar surface area (TPSA) is 38.3 Å². The van der Waals surface area contributed by atoms with Crippen LogP contribution in [-0.2, 0) is 4.74 Å². The molecular formula is C14H19NO2S. The van der Waals surface area contributed by atoms with Gasteiger partial charge in [0.15, 0.2) is 0 Å². The molecule has 4 heteroatoms.